The van der Waals surface area contributed by atoms with E-state index < -0.39 is 10.2 Å². The number of hydrogen-bond donors (Lipinski definition) is 2. The Morgan fingerprint density at radius 3 is 2.79 bits per heavy atom. The molecule has 0 saturated heterocycles. The number of nitrogens with zero attached hydrogens (tertiary/aromatic N) is 3. The van der Waals surface area contributed by atoms with Crippen LogP contribution in [0.4, 0.5) is 5.13 Å². The molecule has 0 unspecified atom stereocenters. The van der Waals surface area contributed by atoms with E-state index in [2.05, 4.69) is 9.38 Å². The average Bonchev–Trinajstić information content (AvgIpc) is 2.70. The zero-order valence-corrected chi connectivity index (χ0v) is 13.2. The molecule has 1 aromatic rings. The predicted octanol–water partition coefficient (Wildman–Crippen LogP) is 0.393. The molecule has 1 rings (SSSR count). The summed E-state index contributed by atoms with van der Waals surface area (Å²) in [4.78, 5) is 6.39. The SMILES string of the molecule is CN(C)c1nc(CSCC/C(N)=N/S(N)(=O)=O)cs1. The van der Waals surface area contributed by atoms with E-state index in [1.165, 1.54) is 0 Å². The number of rotatable bonds is 7. The number of nitrogens with two attached hydrogens (primary N) is 2. The highest BCUT2D eigenvalue weighted by Crippen LogP contribution is 2.21. The van der Waals surface area contributed by atoms with Crippen LogP contribution in [0, 0.1) is 0 Å². The molecule has 108 valence electrons. The van der Waals surface area contributed by atoms with E-state index in [0.29, 0.717) is 12.2 Å². The summed E-state index contributed by atoms with van der Waals surface area (Å²) in [7, 11) is 0.00789. The minimum atomic E-state index is -3.88. The molecule has 1 heterocycles. The summed E-state index contributed by atoms with van der Waals surface area (Å²) in [6, 6.07) is 0. The van der Waals surface area contributed by atoms with Crippen molar-refractivity contribution in [3.05, 3.63) is 11.1 Å². The maximum absolute atomic E-state index is 10.7. The molecule has 0 bridgehead atoms. The van der Waals surface area contributed by atoms with Crippen LogP contribution in [0.1, 0.15) is 12.1 Å². The van der Waals surface area contributed by atoms with Gasteiger partial charge in [0.2, 0.25) is 0 Å². The summed E-state index contributed by atoms with van der Waals surface area (Å²) in [6.45, 7) is 0. The van der Waals surface area contributed by atoms with Crippen molar-refractivity contribution in [1.82, 2.24) is 4.98 Å². The first kappa shape index (κ1) is 16.2. The molecule has 0 atom stereocenters. The lowest BCUT2D eigenvalue weighted by Gasteiger charge is -2.05. The first-order valence-electron chi connectivity index (χ1n) is 5.34. The second kappa shape index (κ2) is 7.08. The first-order valence-corrected chi connectivity index (χ1v) is 8.88. The molecule has 0 saturated carbocycles. The normalized spacial score (nSPS) is 12.7. The van der Waals surface area contributed by atoms with Crippen LogP contribution in [0.25, 0.3) is 0 Å². The Hall–Kier alpha value is -0.840. The smallest absolute Gasteiger partial charge is 0.318 e. The monoisotopic (exact) mass is 323 g/mol. The largest absolute Gasteiger partial charge is 0.386 e. The number of anilines is 1. The van der Waals surface area contributed by atoms with Gasteiger partial charge in [0.1, 0.15) is 5.84 Å². The fourth-order valence-electron chi connectivity index (χ4n) is 1.13. The number of thioether (sulfide) groups is 1. The lowest BCUT2D eigenvalue weighted by atomic mass is 10.5. The Morgan fingerprint density at radius 2 is 2.26 bits per heavy atom. The quantitative estimate of drug-likeness (QED) is 0.426. The summed E-state index contributed by atoms with van der Waals surface area (Å²) >= 11 is 3.20. The van der Waals surface area contributed by atoms with E-state index >= 15 is 0 Å². The van der Waals surface area contributed by atoms with Crippen molar-refractivity contribution < 1.29 is 8.42 Å². The molecule has 0 aliphatic rings. The van der Waals surface area contributed by atoms with Gasteiger partial charge in [-0.25, -0.2) is 10.1 Å². The fourth-order valence-corrected chi connectivity index (χ4v) is 3.27. The first-order chi connectivity index (χ1) is 8.78. The maximum Gasteiger partial charge on any atom is 0.318 e. The number of thiazole rings is 1. The highest BCUT2D eigenvalue weighted by atomic mass is 32.2. The van der Waals surface area contributed by atoms with E-state index in [9.17, 15) is 8.42 Å². The molecule has 19 heavy (non-hydrogen) atoms. The highest BCUT2D eigenvalue weighted by Gasteiger charge is 2.04. The van der Waals surface area contributed by atoms with Gasteiger partial charge in [-0.2, -0.15) is 20.2 Å². The van der Waals surface area contributed by atoms with Crippen LogP contribution in [0.3, 0.4) is 0 Å². The summed E-state index contributed by atoms with van der Waals surface area (Å²) < 4.78 is 24.5. The third-order valence-electron chi connectivity index (χ3n) is 1.92. The molecule has 0 radical (unpaired) electrons. The molecule has 4 N–H and O–H groups in total. The van der Waals surface area contributed by atoms with E-state index in [1.807, 2.05) is 24.4 Å². The lowest BCUT2D eigenvalue weighted by Crippen LogP contribution is -2.19. The Kier molecular flexibility index (Phi) is 6.04. The van der Waals surface area contributed by atoms with Gasteiger partial charge >= 0.3 is 10.2 Å². The minimum Gasteiger partial charge on any atom is -0.386 e. The molecule has 0 aliphatic carbocycles. The molecular formula is C9H17N5O2S3. The molecule has 7 nitrogen and oxygen atoms in total. The van der Waals surface area contributed by atoms with Crippen molar-refractivity contribution in [1.29, 1.82) is 0 Å². The molecule has 0 aromatic carbocycles. The van der Waals surface area contributed by atoms with Crippen molar-refractivity contribution in [2.75, 3.05) is 24.7 Å². The molecule has 0 spiro atoms. The van der Waals surface area contributed by atoms with Gasteiger partial charge in [0.25, 0.3) is 0 Å². The van der Waals surface area contributed by atoms with Crippen LogP contribution >= 0.6 is 23.1 Å². The third kappa shape index (κ3) is 6.76. The Balaban J connectivity index is 2.33. The van der Waals surface area contributed by atoms with Crippen LogP contribution in [0.15, 0.2) is 9.78 Å². The number of aromatic nitrogens is 1. The van der Waals surface area contributed by atoms with Gasteiger partial charge in [-0.15, -0.1) is 15.7 Å². The van der Waals surface area contributed by atoms with E-state index in [4.69, 9.17) is 10.9 Å². The van der Waals surface area contributed by atoms with Crippen LogP contribution in [-0.2, 0) is 16.0 Å². The second-order valence-electron chi connectivity index (χ2n) is 3.92. The molecule has 10 heteroatoms. The Morgan fingerprint density at radius 1 is 1.58 bits per heavy atom. The zero-order chi connectivity index (χ0) is 14.5. The van der Waals surface area contributed by atoms with E-state index in [1.54, 1.807) is 23.1 Å². The predicted molar refractivity (Wildman–Crippen MR) is 81.9 cm³/mol. The molecular weight excluding hydrogens is 306 g/mol. The van der Waals surface area contributed by atoms with Gasteiger partial charge in [0, 0.05) is 37.4 Å². The van der Waals surface area contributed by atoms with Crippen molar-refractivity contribution in [3.63, 3.8) is 0 Å². The van der Waals surface area contributed by atoms with Crippen LogP contribution < -0.4 is 15.8 Å². The van der Waals surface area contributed by atoms with Crippen molar-refractivity contribution >= 4 is 44.3 Å². The van der Waals surface area contributed by atoms with E-state index in [0.717, 1.165) is 16.6 Å². The summed E-state index contributed by atoms with van der Waals surface area (Å²) in [5.74, 6) is 1.45. The van der Waals surface area contributed by atoms with Crippen molar-refractivity contribution in [2.45, 2.75) is 12.2 Å². The van der Waals surface area contributed by atoms with Gasteiger partial charge in [0.05, 0.1) is 5.69 Å². The van der Waals surface area contributed by atoms with Crippen LogP contribution in [0.2, 0.25) is 0 Å². The molecule has 0 aliphatic heterocycles. The second-order valence-corrected chi connectivity index (χ2v) is 7.07. The maximum atomic E-state index is 10.7. The van der Waals surface area contributed by atoms with Crippen molar-refractivity contribution in [3.8, 4) is 0 Å². The topological polar surface area (TPSA) is 115 Å². The average molecular weight is 323 g/mol. The Bertz CT molecular complexity index is 538. The van der Waals surface area contributed by atoms with Gasteiger partial charge in [-0.3, -0.25) is 0 Å². The number of amidine groups is 1. The summed E-state index contributed by atoms with van der Waals surface area (Å²) in [6.07, 6.45) is 0.381. The van der Waals surface area contributed by atoms with Gasteiger partial charge in [0.15, 0.2) is 5.13 Å². The lowest BCUT2D eigenvalue weighted by molar-refractivity contribution is 0.599. The summed E-state index contributed by atoms with van der Waals surface area (Å²) in [5, 5.41) is 7.72. The molecule has 0 fully saturated rings. The molecule has 0 amide bonds. The van der Waals surface area contributed by atoms with Gasteiger partial charge in [-0.1, -0.05) is 0 Å². The highest BCUT2D eigenvalue weighted by molar-refractivity contribution is 7.98. The zero-order valence-electron chi connectivity index (χ0n) is 10.7. The standard InChI is InChI=1S/C9H17N5O2S3/c1-14(2)9-12-7(6-18-9)5-17-4-3-8(10)13-19(11,15)16/h6H,3-5H2,1-2H3,(H2,10,13)(H2,11,15,16). The Labute approximate surface area is 121 Å². The van der Waals surface area contributed by atoms with Crippen LogP contribution in [-0.4, -0.2) is 39.1 Å². The number of hydrogen-bond acceptors (Lipinski definition) is 6. The van der Waals surface area contributed by atoms with Crippen molar-refractivity contribution in [2.24, 2.45) is 15.3 Å². The van der Waals surface area contributed by atoms with Gasteiger partial charge in [-0.05, 0) is 0 Å². The summed E-state index contributed by atoms with van der Waals surface area (Å²) in [5.41, 5.74) is 6.44. The van der Waals surface area contributed by atoms with Crippen LogP contribution in [0.5, 0.6) is 0 Å². The minimum absolute atomic E-state index is 0.0299. The molecule has 1 aromatic heterocycles. The third-order valence-corrected chi connectivity index (χ3v) is 4.46. The van der Waals surface area contributed by atoms with Gasteiger partial charge < -0.3 is 10.6 Å². The fraction of sp³-hybridized carbons (Fsp3) is 0.556. The van der Waals surface area contributed by atoms with E-state index in [-0.39, 0.29) is 5.84 Å².